The molecule has 7 nitrogen and oxygen atoms in total. The van der Waals surface area contributed by atoms with Gasteiger partial charge in [0.05, 0.1) is 18.2 Å². The molecule has 3 rings (SSSR count). The lowest BCUT2D eigenvalue weighted by Crippen LogP contribution is -2.46. The van der Waals surface area contributed by atoms with E-state index in [0.717, 1.165) is 0 Å². The molecule has 114 valence electrons. The maximum Gasteiger partial charge on any atom is 0.411 e. The van der Waals surface area contributed by atoms with Crippen molar-refractivity contribution < 1.29 is 23.8 Å². The molecule has 3 aliphatic rings. The van der Waals surface area contributed by atoms with E-state index in [1.807, 2.05) is 0 Å². The van der Waals surface area contributed by atoms with Crippen molar-refractivity contribution in [3.8, 4) is 6.07 Å². The van der Waals surface area contributed by atoms with Crippen molar-refractivity contribution in [2.24, 2.45) is 0 Å². The zero-order valence-corrected chi connectivity index (χ0v) is 12.5. The SMILES string of the molecule is CC(=O)O[C@]1(C#N)C[C@@H]2O[C@H]1[C@@H]1[C@@H]2N1C(=O)OC(C)(C)C. The van der Waals surface area contributed by atoms with E-state index in [2.05, 4.69) is 6.07 Å². The largest absolute Gasteiger partial charge is 0.444 e. The third kappa shape index (κ3) is 2.05. The number of carbonyl (C=O) groups is 2. The molecular weight excluding hydrogens is 276 g/mol. The van der Waals surface area contributed by atoms with Crippen LogP contribution in [0.5, 0.6) is 0 Å². The number of esters is 1. The summed E-state index contributed by atoms with van der Waals surface area (Å²) in [4.78, 5) is 25.0. The summed E-state index contributed by atoms with van der Waals surface area (Å²) < 4.78 is 16.3. The van der Waals surface area contributed by atoms with Crippen molar-refractivity contribution in [2.45, 2.75) is 69.6 Å². The van der Waals surface area contributed by atoms with E-state index < -0.39 is 29.4 Å². The molecule has 0 aromatic rings. The quantitative estimate of drug-likeness (QED) is 0.529. The highest BCUT2D eigenvalue weighted by atomic mass is 16.6. The van der Waals surface area contributed by atoms with Crippen LogP contribution in [-0.2, 0) is 19.0 Å². The van der Waals surface area contributed by atoms with Crippen LogP contribution < -0.4 is 0 Å². The Kier molecular flexibility index (Phi) is 2.76. The summed E-state index contributed by atoms with van der Waals surface area (Å²) in [5.41, 5.74) is -1.86. The number of nitrogens with zero attached hydrogens (tertiary/aromatic N) is 2. The van der Waals surface area contributed by atoms with Crippen LogP contribution >= 0.6 is 0 Å². The zero-order chi connectivity index (χ0) is 15.6. The summed E-state index contributed by atoms with van der Waals surface area (Å²) >= 11 is 0. The van der Waals surface area contributed by atoms with Crippen molar-refractivity contribution in [2.75, 3.05) is 0 Å². The van der Waals surface area contributed by atoms with Gasteiger partial charge in [-0.1, -0.05) is 0 Å². The average molecular weight is 294 g/mol. The highest BCUT2D eigenvalue weighted by Gasteiger charge is 2.77. The predicted octanol–water partition coefficient (Wildman–Crippen LogP) is 0.971. The number of morpholine rings is 1. The molecule has 21 heavy (non-hydrogen) atoms. The minimum absolute atomic E-state index is 0.0677. The van der Waals surface area contributed by atoms with Gasteiger partial charge in [0.1, 0.15) is 17.8 Å². The summed E-state index contributed by atoms with van der Waals surface area (Å²) in [6.07, 6.45) is -0.971. The summed E-state index contributed by atoms with van der Waals surface area (Å²) in [6.45, 7) is 6.66. The number of hydrogen-bond acceptors (Lipinski definition) is 6. The molecule has 3 saturated heterocycles. The lowest BCUT2D eigenvalue weighted by atomic mass is 9.86. The molecule has 3 heterocycles. The highest BCUT2D eigenvalue weighted by Crippen LogP contribution is 2.56. The summed E-state index contributed by atoms with van der Waals surface area (Å²) in [6, 6.07) is 1.75. The Morgan fingerprint density at radius 3 is 2.57 bits per heavy atom. The molecule has 0 radical (unpaired) electrons. The van der Waals surface area contributed by atoms with Gasteiger partial charge < -0.3 is 14.2 Å². The molecule has 7 heteroatoms. The van der Waals surface area contributed by atoms with Gasteiger partial charge in [0.25, 0.3) is 0 Å². The van der Waals surface area contributed by atoms with Crippen LogP contribution in [0.15, 0.2) is 0 Å². The van der Waals surface area contributed by atoms with E-state index in [9.17, 15) is 14.9 Å². The molecule has 5 atom stereocenters. The first-order valence-corrected chi connectivity index (χ1v) is 6.96. The van der Waals surface area contributed by atoms with E-state index in [4.69, 9.17) is 14.2 Å². The number of hydrogen-bond donors (Lipinski definition) is 0. The summed E-state index contributed by atoms with van der Waals surface area (Å²) in [5.74, 6) is -0.520. The Hall–Kier alpha value is -1.81. The standard InChI is InChI=1S/C14H18N2O5/c1-7(17)20-14(6-15)5-8-9-10(11(14)19-8)16(9)12(18)21-13(2,3)4/h8-11H,5H2,1-4H3/t8-,9+,10-,11-,14-,16?/m0/s1. The molecule has 3 aliphatic heterocycles. The van der Waals surface area contributed by atoms with Gasteiger partial charge in [0.2, 0.25) is 5.60 Å². The number of amides is 1. The van der Waals surface area contributed by atoms with Crippen LogP contribution in [0, 0.1) is 11.3 Å². The van der Waals surface area contributed by atoms with Crippen LogP contribution in [0.4, 0.5) is 4.79 Å². The average Bonchev–Trinajstić information content (AvgIpc) is 2.85. The van der Waals surface area contributed by atoms with E-state index in [1.165, 1.54) is 6.92 Å². The fraction of sp³-hybridized carbons (Fsp3) is 0.786. The third-order valence-electron chi connectivity index (χ3n) is 4.00. The normalized spacial score (nSPS) is 39.5. The molecule has 3 fully saturated rings. The summed E-state index contributed by atoms with van der Waals surface area (Å²) in [7, 11) is 0. The Morgan fingerprint density at radius 1 is 1.38 bits per heavy atom. The molecule has 0 spiro atoms. The fourth-order valence-corrected chi connectivity index (χ4v) is 3.36. The van der Waals surface area contributed by atoms with Crippen LogP contribution in [-0.4, -0.2) is 52.5 Å². The molecule has 0 aromatic heterocycles. The molecule has 0 aromatic carbocycles. The van der Waals surface area contributed by atoms with Crippen molar-refractivity contribution in [1.82, 2.24) is 4.90 Å². The molecule has 0 saturated carbocycles. The zero-order valence-electron chi connectivity index (χ0n) is 12.5. The number of fused-ring (bicyclic) bond motifs is 5. The Balaban J connectivity index is 1.75. The molecule has 2 bridgehead atoms. The van der Waals surface area contributed by atoms with E-state index in [0.29, 0.717) is 6.42 Å². The first-order valence-electron chi connectivity index (χ1n) is 6.96. The third-order valence-corrected chi connectivity index (χ3v) is 4.00. The van der Waals surface area contributed by atoms with Gasteiger partial charge in [-0.25, -0.2) is 4.79 Å². The summed E-state index contributed by atoms with van der Waals surface area (Å²) in [5, 5.41) is 9.39. The molecule has 0 unspecified atom stereocenters. The minimum Gasteiger partial charge on any atom is -0.444 e. The van der Waals surface area contributed by atoms with E-state index in [1.54, 1.807) is 25.7 Å². The van der Waals surface area contributed by atoms with Crippen LogP contribution in [0.3, 0.4) is 0 Å². The van der Waals surface area contributed by atoms with Gasteiger partial charge in [0, 0.05) is 13.3 Å². The topological polar surface area (TPSA) is 88.6 Å². The molecular formula is C14H18N2O5. The Labute approximate surface area is 122 Å². The molecule has 1 amide bonds. The lowest BCUT2D eigenvalue weighted by molar-refractivity contribution is -0.156. The van der Waals surface area contributed by atoms with Crippen molar-refractivity contribution in [1.29, 1.82) is 5.26 Å². The number of carbonyl (C=O) groups excluding carboxylic acids is 2. The van der Waals surface area contributed by atoms with Gasteiger partial charge in [-0.2, -0.15) is 5.26 Å². The van der Waals surface area contributed by atoms with Gasteiger partial charge in [-0.15, -0.1) is 0 Å². The van der Waals surface area contributed by atoms with Crippen molar-refractivity contribution in [3.05, 3.63) is 0 Å². The van der Waals surface area contributed by atoms with Crippen molar-refractivity contribution in [3.63, 3.8) is 0 Å². The molecule has 0 N–H and O–H groups in total. The Morgan fingerprint density at radius 2 is 2.05 bits per heavy atom. The second-order valence-electron chi connectivity index (χ2n) is 6.76. The highest BCUT2D eigenvalue weighted by molar-refractivity contribution is 5.74. The van der Waals surface area contributed by atoms with Gasteiger partial charge in [0.15, 0.2) is 0 Å². The minimum atomic E-state index is -1.28. The first kappa shape index (κ1) is 14.1. The monoisotopic (exact) mass is 294 g/mol. The van der Waals surface area contributed by atoms with Gasteiger partial charge in [-0.3, -0.25) is 9.69 Å². The van der Waals surface area contributed by atoms with Crippen LogP contribution in [0.1, 0.15) is 34.1 Å². The maximum atomic E-state index is 12.1. The number of likely N-dealkylation sites (tertiary alicyclic amines) is 1. The number of nitriles is 1. The van der Waals surface area contributed by atoms with E-state index in [-0.39, 0.29) is 18.2 Å². The smallest absolute Gasteiger partial charge is 0.411 e. The predicted molar refractivity (Wildman–Crippen MR) is 69.0 cm³/mol. The van der Waals surface area contributed by atoms with Gasteiger partial charge in [-0.05, 0) is 20.8 Å². The lowest BCUT2D eigenvalue weighted by Gasteiger charge is -2.26. The van der Waals surface area contributed by atoms with E-state index >= 15 is 0 Å². The van der Waals surface area contributed by atoms with Crippen LogP contribution in [0.2, 0.25) is 0 Å². The number of rotatable bonds is 1. The molecule has 0 aliphatic carbocycles. The van der Waals surface area contributed by atoms with Crippen molar-refractivity contribution >= 4 is 12.1 Å². The Bertz CT molecular complexity index is 549. The maximum absolute atomic E-state index is 12.1. The second kappa shape index (κ2) is 4.10. The first-order chi connectivity index (χ1) is 9.68. The van der Waals surface area contributed by atoms with Gasteiger partial charge >= 0.3 is 12.1 Å². The fourth-order valence-electron chi connectivity index (χ4n) is 3.36. The second-order valence-corrected chi connectivity index (χ2v) is 6.76. The van der Waals surface area contributed by atoms with Crippen LogP contribution in [0.25, 0.3) is 0 Å². The number of ether oxygens (including phenoxy) is 3.